The fourth-order valence-electron chi connectivity index (χ4n) is 1.14. The molecule has 5 heteroatoms. The number of aromatic nitrogens is 2. The van der Waals surface area contributed by atoms with Gasteiger partial charge in [-0.25, -0.2) is 9.97 Å². The van der Waals surface area contributed by atoms with Crippen LogP contribution in [0.15, 0.2) is 6.07 Å². The Labute approximate surface area is 90.1 Å². The summed E-state index contributed by atoms with van der Waals surface area (Å²) in [6, 6.07) is 2.10. The quantitative estimate of drug-likeness (QED) is 0.768. The summed E-state index contributed by atoms with van der Waals surface area (Å²) in [5.74, 6) is 1.81. The Kier molecular flexibility index (Phi) is 4.30. The van der Waals surface area contributed by atoms with Crippen molar-refractivity contribution in [1.29, 1.82) is 0 Å². The van der Waals surface area contributed by atoms with Gasteiger partial charge >= 0.3 is 0 Å². The first-order valence-corrected chi connectivity index (χ1v) is 5.04. The number of nitrogens with one attached hydrogen (secondary N) is 1. The van der Waals surface area contributed by atoms with Crippen LogP contribution in [0.3, 0.4) is 0 Å². The lowest BCUT2D eigenvalue weighted by atomic mass is 10.2. The molecule has 1 atom stereocenters. The van der Waals surface area contributed by atoms with Gasteiger partial charge in [-0.2, -0.15) is 0 Å². The molecule has 1 unspecified atom stereocenters. The third kappa shape index (κ3) is 3.71. The standard InChI is InChI=1S/C10H18N4O/c1-4-7(2)12-9-5-8(11)13-10(14-9)6-15-3/h5,7H,4,6H2,1-3H3,(H3,11,12,13,14). The van der Waals surface area contributed by atoms with Crippen LogP contribution >= 0.6 is 0 Å². The van der Waals surface area contributed by atoms with Gasteiger partial charge in [-0.05, 0) is 13.3 Å². The van der Waals surface area contributed by atoms with Crippen molar-refractivity contribution in [3.63, 3.8) is 0 Å². The highest BCUT2D eigenvalue weighted by molar-refractivity contribution is 5.45. The van der Waals surface area contributed by atoms with Crippen LogP contribution in [0.2, 0.25) is 0 Å². The molecule has 1 aromatic heterocycles. The third-order valence-electron chi connectivity index (χ3n) is 2.07. The minimum absolute atomic E-state index is 0.370. The Hall–Kier alpha value is -1.36. The zero-order valence-corrected chi connectivity index (χ0v) is 9.45. The zero-order chi connectivity index (χ0) is 11.3. The Balaban J connectivity index is 2.78. The molecule has 0 aliphatic rings. The van der Waals surface area contributed by atoms with Crippen LogP contribution < -0.4 is 11.1 Å². The predicted molar refractivity (Wildman–Crippen MR) is 60.5 cm³/mol. The maximum Gasteiger partial charge on any atom is 0.158 e. The van der Waals surface area contributed by atoms with Crippen LogP contribution in [0, 0.1) is 0 Å². The highest BCUT2D eigenvalue weighted by Gasteiger charge is 2.04. The monoisotopic (exact) mass is 210 g/mol. The molecule has 0 spiro atoms. The van der Waals surface area contributed by atoms with Crippen LogP contribution in [-0.2, 0) is 11.3 Å². The fraction of sp³-hybridized carbons (Fsp3) is 0.600. The minimum atomic E-state index is 0.370. The van der Waals surface area contributed by atoms with Gasteiger partial charge in [0.05, 0.1) is 0 Å². The molecule has 84 valence electrons. The maximum absolute atomic E-state index is 5.66. The van der Waals surface area contributed by atoms with Crippen LogP contribution in [0.25, 0.3) is 0 Å². The number of hydrogen-bond acceptors (Lipinski definition) is 5. The van der Waals surface area contributed by atoms with E-state index in [1.54, 1.807) is 13.2 Å². The summed E-state index contributed by atoms with van der Waals surface area (Å²) in [6.45, 7) is 4.58. The van der Waals surface area contributed by atoms with Gasteiger partial charge in [0.15, 0.2) is 5.82 Å². The van der Waals surface area contributed by atoms with Crippen LogP contribution in [0.1, 0.15) is 26.1 Å². The van der Waals surface area contributed by atoms with Crippen molar-refractivity contribution in [2.45, 2.75) is 32.9 Å². The summed E-state index contributed by atoms with van der Waals surface area (Å²) in [7, 11) is 1.61. The highest BCUT2D eigenvalue weighted by Crippen LogP contribution is 2.10. The first-order chi connectivity index (χ1) is 7.15. The Morgan fingerprint density at radius 2 is 2.27 bits per heavy atom. The molecule has 0 aliphatic heterocycles. The van der Waals surface area contributed by atoms with Gasteiger partial charge in [-0.3, -0.25) is 0 Å². The summed E-state index contributed by atoms with van der Waals surface area (Å²) >= 11 is 0. The van der Waals surface area contributed by atoms with E-state index in [1.807, 2.05) is 0 Å². The van der Waals surface area contributed by atoms with E-state index in [4.69, 9.17) is 10.5 Å². The molecule has 0 saturated heterocycles. The van der Waals surface area contributed by atoms with E-state index in [2.05, 4.69) is 29.1 Å². The molecule has 0 fully saturated rings. The molecule has 1 rings (SSSR count). The van der Waals surface area contributed by atoms with Gasteiger partial charge in [0.1, 0.15) is 18.2 Å². The van der Waals surface area contributed by atoms with E-state index in [1.165, 1.54) is 0 Å². The van der Waals surface area contributed by atoms with E-state index >= 15 is 0 Å². The molecule has 0 bridgehead atoms. The lowest BCUT2D eigenvalue weighted by Gasteiger charge is -2.13. The number of anilines is 2. The number of methoxy groups -OCH3 is 1. The highest BCUT2D eigenvalue weighted by atomic mass is 16.5. The Morgan fingerprint density at radius 1 is 1.53 bits per heavy atom. The number of ether oxygens (including phenoxy) is 1. The van der Waals surface area contributed by atoms with Gasteiger partial charge in [0.2, 0.25) is 0 Å². The Morgan fingerprint density at radius 3 is 2.87 bits per heavy atom. The summed E-state index contributed by atoms with van der Waals surface area (Å²) in [5.41, 5.74) is 5.66. The first-order valence-electron chi connectivity index (χ1n) is 5.04. The van der Waals surface area contributed by atoms with Gasteiger partial charge in [0, 0.05) is 19.2 Å². The van der Waals surface area contributed by atoms with Crippen molar-refractivity contribution in [3.05, 3.63) is 11.9 Å². The molecule has 1 heterocycles. The first kappa shape index (κ1) is 11.7. The minimum Gasteiger partial charge on any atom is -0.384 e. The van der Waals surface area contributed by atoms with E-state index in [0.29, 0.717) is 24.3 Å². The van der Waals surface area contributed by atoms with Crippen molar-refractivity contribution in [1.82, 2.24) is 9.97 Å². The van der Waals surface area contributed by atoms with Crippen molar-refractivity contribution in [2.75, 3.05) is 18.2 Å². The molecule has 0 amide bonds. The predicted octanol–water partition coefficient (Wildman–Crippen LogP) is 1.42. The largest absolute Gasteiger partial charge is 0.384 e. The second kappa shape index (κ2) is 5.50. The van der Waals surface area contributed by atoms with Gasteiger partial charge in [-0.15, -0.1) is 0 Å². The maximum atomic E-state index is 5.66. The SMILES string of the molecule is CCC(C)Nc1cc(N)nc(COC)n1. The molecule has 0 aromatic carbocycles. The lowest BCUT2D eigenvalue weighted by Crippen LogP contribution is -2.16. The van der Waals surface area contributed by atoms with Crippen molar-refractivity contribution >= 4 is 11.6 Å². The molecule has 15 heavy (non-hydrogen) atoms. The van der Waals surface area contributed by atoms with Crippen LogP contribution in [0.4, 0.5) is 11.6 Å². The molecule has 1 aromatic rings. The number of nitrogen functional groups attached to an aromatic ring is 1. The van der Waals surface area contributed by atoms with Crippen molar-refractivity contribution in [2.24, 2.45) is 0 Å². The van der Waals surface area contributed by atoms with Crippen LogP contribution in [0.5, 0.6) is 0 Å². The van der Waals surface area contributed by atoms with Gasteiger partial charge in [0.25, 0.3) is 0 Å². The number of rotatable bonds is 5. The molecular weight excluding hydrogens is 192 g/mol. The second-order valence-corrected chi connectivity index (χ2v) is 3.48. The molecule has 0 radical (unpaired) electrons. The van der Waals surface area contributed by atoms with Crippen molar-refractivity contribution in [3.8, 4) is 0 Å². The average Bonchev–Trinajstić information content (AvgIpc) is 2.17. The second-order valence-electron chi connectivity index (χ2n) is 3.48. The van der Waals surface area contributed by atoms with Crippen molar-refractivity contribution < 1.29 is 4.74 Å². The molecule has 0 aliphatic carbocycles. The summed E-state index contributed by atoms with van der Waals surface area (Å²) in [5, 5.41) is 3.24. The summed E-state index contributed by atoms with van der Waals surface area (Å²) in [6.07, 6.45) is 1.03. The van der Waals surface area contributed by atoms with Crippen LogP contribution in [-0.4, -0.2) is 23.1 Å². The van der Waals surface area contributed by atoms with E-state index in [-0.39, 0.29) is 0 Å². The van der Waals surface area contributed by atoms with E-state index in [9.17, 15) is 0 Å². The van der Waals surface area contributed by atoms with Gasteiger partial charge in [-0.1, -0.05) is 6.92 Å². The number of nitrogens with two attached hydrogens (primary N) is 1. The molecule has 0 saturated carbocycles. The zero-order valence-electron chi connectivity index (χ0n) is 9.45. The smallest absolute Gasteiger partial charge is 0.158 e. The fourth-order valence-corrected chi connectivity index (χ4v) is 1.14. The average molecular weight is 210 g/mol. The topological polar surface area (TPSA) is 73.1 Å². The molecule has 5 nitrogen and oxygen atoms in total. The summed E-state index contributed by atoms with van der Waals surface area (Å²) in [4.78, 5) is 8.34. The van der Waals surface area contributed by atoms with E-state index < -0.39 is 0 Å². The molecule has 3 N–H and O–H groups in total. The molecular formula is C10H18N4O. The Bertz CT molecular complexity index is 316. The number of hydrogen-bond donors (Lipinski definition) is 2. The van der Waals surface area contributed by atoms with E-state index in [0.717, 1.165) is 12.2 Å². The normalized spacial score (nSPS) is 12.5. The summed E-state index contributed by atoms with van der Waals surface area (Å²) < 4.78 is 4.96. The third-order valence-corrected chi connectivity index (χ3v) is 2.07. The lowest BCUT2D eigenvalue weighted by molar-refractivity contribution is 0.178. The van der Waals surface area contributed by atoms with Gasteiger partial charge < -0.3 is 15.8 Å². The number of nitrogens with zero attached hydrogens (tertiary/aromatic N) is 2.